The van der Waals surface area contributed by atoms with Gasteiger partial charge in [0.25, 0.3) is 0 Å². The number of aryl methyl sites for hydroxylation is 1. The first kappa shape index (κ1) is 13.1. The SMILES string of the molecule is CN1CCC(CCn2cncc2C2CCCN2)CC1. The van der Waals surface area contributed by atoms with E-state index in [2.05, 4.69) is 33.0 Å². The van der Waals surface area contributed by atoms with E-state index >= 15 is 0 Å². The monoisotopic (exact) mass is 262 g/mol. The van der Waals surface area contributed by atoms with Gasteiger partial charge < -0.3 is 14.8 Å². The van der Waals surface area contributed by atoms with Crippen molar-refractivity contribution in [1.29, 1.82) is 0 Å². The summed E-state index contributed by atoms with van der Waals surface area (Å²) in [6.45, 7) is 4.84. The summed E-state index contributed by atoms with van der Waals surface area (Å²) in [4.78, 5) is 6.80. The molecule has 4 heteroatoms. The predicted octanol–water partition coefficient (Wildman–Crippen LogP) is 2.04. The van der Waals surface area contributed by atoms with Gasteiger partial charge in [0.05, 0.1) is 12.0 Å². The van der Waals surface area contributed by atoms with Crippen molar-refractivity contribution in [1.82, 2.24) is 19.8 Å². The molecular formula is C15H26N4. The molecule has 0 spiro atoms. The highest BCUT2D eigenvalue weighted by Crippen LogP contribution is 2.25. The summed E-state index contributed by atoms with van der Waals surface area (Å²) >= 11 is 0. The van der Waals surface area contributed by atoms with Crippen LogP contribution in [0.4, 0.5) is 0 Å². The van der Waals surface area contributed by atoms with Crippen LogP contribution in [-0.2, 0) is 6.54 Å². The Morgan fingerprint density at radius 2 is 2.16 bits per heavy atom. The average molecular weight is 262 g/mol. The van der Waals surface area contributed by atoms with Crippen molar-refractivity contribution in [2.45, 2.75) is 44.7 Å². The smallest absolute Gasteiger partial charge is 0.0948 e. The highest BCUT2D eigenvalue weighted by Gasteiger charge is 2.21. The molecule has 2 aliphatic heterocycles. The van der Waals surface area contributed by atoms with Gasteiger partial charge in [-0.15, -0.1) is 0 Å². The Hall–Kier alpha value is -0.870. The number of hydrogen-bond acceptors (Lipinski definition) is 3. The Kier molecular flexibility index (Phi) is 4.18. The molecule has 2 aliphatic rings. The zero-order chi connectivity index (χ0) is 13.1. The Labute approximate surface area is 116 Å². The number of hydrogen-bond donors (Lipinski definition) is 1. The van der Waals surface area contributed by atoms with Crippen LogP contribution in [0, 0.1) is 5.92 Å². The van der Waals surface area contributed by atoms with E-state index in [0.717, 1.165) is 19.0 Å². The summed E-state index contributed by atoms with van der Waals surface area (Å²) in [5.41, 5.74) is 1.39. The van der Waals surface area contributed by atoms with Crippen molar-refractivity contribution in [2.75, 3.05) is 26.7 Å². The average Bonchev–Trinajstić information content (AvgIpc) is 3.08. The third kappa shape index (κ3) is 3.18. The van der Waals surface area contributed by atoms with E-state index < -0.39 is 0 Å². The number of likely N-dealkylation sites (tertiary alicyclic amines) is 1. The fourth-order valence-electron chi connectivity index (χ4n) is 3.42. The maximum atomic E-state index is 4.36. The minimum atomic E-state index is 0.542. The molecule has 1 atom stereocenters. The Bertz CT molecular complexity index is 387. The first-order valence-electron chi connectivity index (χ1n) is 7.75. The van der Waals surface area contributed by atoms with E-state index in [0.29, 0.717) is 6.04 Å². The van der Waals surface area contributed by atoms with Crippen LogP contribution >= 0.6 is 0 Å². The highest BCUT2D eigenvalue weighted by molar-refractivity contribution is 5.07. The van der Waals surface area contributed by atoms with Gasteiger partial charge in [0.15, 0.2) is 0 Å². The van der Waals surface area contributed by atoms with Gasteiger partial charge in [-0.25, -0.2) is 4.98 Å². The summed E-state index contributed by atoms with van der Waals surface area (Å²) in [5, 5.41) is 3.58. The summed E-state index contributed by atoms with van der Waals surface area (Å²) < 4.78 is 2.38. The molecule has 1 N–H and O–H groups in total. The lowest BCUT2D eigenvalue weighted by Gasteiger charge is -2.29. The van der Waals surface area contributed by atoms with E-state index in [-0.39, 0.29) is 0 Å². The van der Waals surface area contributed by atoms with E-state index in [4.69, 9.17) is 0 Å². The first-order chi connectivity index (χ1) is 9.33. The largest absolute Gasteiger partial charge is 0.333 e. The zero-order valence-corrected chi connectivity index (χ0v) is 12.0. The van der Waals surface area contributed by atoms with Crippen LogP contribution in [0.2, 0.25) is 0 Å². The molecule has 2 fully saturated rings. The lowest BCUT2D eigenvalue weighted by Crippen LogP contribution is -2.30. The van der Waals surface area contributed by atoms with Crippen molar-refractivity contribution >= 4 is 0 Å². The molecule has 106 valence electrons. The lowest BCUT2D eigenvalue weighted by atomic mass is 9.94. The standard InChI is InChI=1S/C15H26N4/c1-18-8-4-13(5-9-18)6-10-19-12-16-11-15(19)14-3-2-7-17-14/h11-14,17H,2-10H2,1H3. The van der Waals surface area contributed by atoms with Gasteiger partial charge in [-0.1, -0.05) is 0 Å². The molecule has 1 aromatic heterocycles. The Morgan fingerprint density at radius 3 is 2.89 bits per heavy atom. The third-order valence-electron chi connectivity index (χ3n) is 4.78. The first-order valence-corrected chi connectivity index (χ1v) is 7.75. The quantitative estimate of drug-likeness (QED) is 0.901. The zero-order valence-electron chi connectivity index (χ0n) is 12.0. The third-order valence-corrected chi connectivity index (χ3v) is 4.78. The van der Waals surface area contributed by atoms with Crippen LogP contribution in [0.1, 0.15) is 43.8 Å². The Balaban J connectivity index is 1.54. The van der Waals surface area contributed by atoms with Crippen LogP contribution in [0.15, 0.2) is 12.5 Å². The van der Waals surface area contributed by atoms with Gasteiger partial charge in [0, 0.05) is 18.8 Å². The molecule has 3 heterocycles. The lowest BCUT2D eigenvalue weighted by molar-refractivity contribution is 0.207. The van der Waals surface area contributed by atoms with Crippen LogP contribution in [0.5, 0.6) is 0 Å². The van der Waals surface area contributed by atoms with E-state index in [1.165, 1.54) is 50.9 Å². The summed E-state index contributed by atoms with van der Waals surface area (Å²) in [5.74, 6) is 0.906. The molecule has 0 radical (unpaired) electrons. The molecule has 0 aliphatic carbocycles. The molecule has 0 saturated carbocycles. The van der Waals surface area contributed by atoms with Gasteiger partial charge >= 0.3 is 0 Å². The maximum absolute atomic E-state index is 4.36. The van der Waals surface area contributed by atoms with E-state index in [9.17, 15) is 0 Å². The van der Waals surface area contributed by atoms with Crippen LogP contribution < -0.4 is 5.32 Å². The van der Waals surface area contributed by atoms with Gasteiger partial charge in [-0.2, -0.15) is 0 Å². The minimum Gasteiger partial charge on any atom is -0.333 e. The second kappa shape index (κ2) is 6.06. The van der Waals surface area contributed by atoms with Crippen molar-refractivity contribution < 1.29 is 0 Å². The van der Waals surface area contributed by atoms with Crippen LogP contribution in [0.3, 0.4) is 0 Å². The van der Waals surface area contributed by atoms with Gasteiger partial charge in [-0.05, 0) is 64.7 Å². The second-order valence-corrected chi connectivity index (χ2v) is 6.20. The number of nitrogens with one attached hydrogen (secondary N) is 1. The van der Waals surface area contributed by atoms with Crippen molar-refractivity contribution in [3.63, 3.8) is 0 Å². The highest BCUT2D eigenvalue weighted by atomic mass is 15.1. The van der Waals surface area contributed by atoms with Crippen molar-refractivity contribution in [3.8, 4) is 0 Å². The number of nitrogens with zero attached hydrogens (tertiary/aromatic N) is 3. The fraction of sp³-hybridized carbons (Fsp3) is 0.800. The molecular weight excluding hydrogens is 236 g/mol. The maximum Gasteiger partial charge on any atom is 0.0948 e. The number of imidazole rings is 1. The Morgan fingerprint density at radius 1 is 1.32 bits per heavy atom. The number of rotatable bonds is 4. The summed E-state index contributed by atoms with van der Waals surface area (Å²) in [6.07, 6.45) is 10.7. The van der Waals surface area contributed by atoms with Gasteiger partial charge in [-0.3, -0.25) is 0 Å². The van der Waals surface area contributed by atoms with Crippen LogP contribution in [-0.4, -0.2) is 41.1 Å². The van der Waals surface area contributed by atoms with Gasteiger partial charge in [0.1, 0.15) is 0 Å². The number of piperidine rings is 1. The van der Waals surface area contributed by atoms with Crippen molar-refractivity contribution in [2.24, 2.45) is 5.92 Å². The molecule has 0 bridgehead atoms. The molecule has 1 aromatic rings. The van der Waals surface area contributed by atoms with E-state index in [1.807, 2.05) is 6.33 Å². The van der Waals surface area contributed by atoms with Crippen molar-refractivity contribution in [3.05, 3.63) is 18.2 Å². The topological polar surface area (TPSA) is 33.1 Å². The molecule has 19 heavy (non-hydrogen) atoms. The minimum absolute atomic E-state index is 0.542. The fourth-order valence-corrected chi connectivity index (χ4v) is 3.42. The predicted molar refractivity (Wildman–Crippen MR) is 77.0 cm³/mol. The molecule has 3 rings (SSSR count). The van der Waals surface area contributed by atoms with Crippen LogP contribution in [0.25, 0.3) is 0 Å². The molecule has 1 unspecified atom stereocenters. The van der Waals surface area contributed by atoms with E-state index in [1.54, 1.807) is 0 Å². The second-order valence-electron chi connectivity index (χ2n) is 6.20. The number of aromatic nitrogens is 2. The summed E-state index contributed by atoms with van der Waals surface area (Å²) in [7, 11) is 2.23. The molecule has 0 aromatic carbocycles. The van der Waals surface area contributed by atoms with Gasteiger partial charge in [0.2, 0.25) is 0 Å². The molecule has 4 nitrogen and oxygen atoms in total. The molecule has 2 saturated heterocycles. The normalized spacial score (nSPS) is 26.1. The summed E-state index contributed by atoms with van der Waals surface area (Å²) in [6, 6.07) is 0.542. The molecule has 0 amide bonds.